The quantitative estimate of drug-likeness (QED) is 0.583. The number of halogens is 3. The summed E-state index contributed by atoms with van der Waals surface area (Å²) in [6.45, 7) is 1.94. The van der Waals surface area contributed by atoms with E-state index in [0.717, 1.165) is 17.6 Å². The molecule has 1 heterocycles. The average Bonchev–Trinajstić information content (AvgIpc) is 3.16. The van der Waals surface area contributed by atoms with Gasteiger partial charge in [-0.25, -0.2) is 9.48 Å². The van der Waals surface area contributed by atoms with E-state index >= 15 is 0 Å². The highest BCUT2D eigenvalue weighted by Gasteiger charge is 2.30. The molecule has 0 saturated carbocycles. The largest absolute Gasteiger partial charge is 0.453 e. The highest BCUT2D eigenvalue weighted by Crippen LogP contribution is 2.30. The van der Waals surface area contributed by atoms with E-state index in [1.165, 1.54) is 19.2 Å². The molecule has 1 amide bonds. The highest BCUT2D eigenvalue weighted by molar-refractivity contribution is 5.74. The Balaban J connectivity index is 1.80. The van der Waals surface area contributed by atoms with Crippen LogP contribution < -0.4 is 10.6 Å². The Morgan fingerprint density at radius 1 is 1.17 bits per heavy atom. The highest BCUT2D eigenvalue weighted by atomic mass is 19.4. The number of nitrogens with zero attached hydrogens (tertiary/aromatic N) is 3. The molecular formula is C20H22F3N5O2. The minimum Gasteiger partial charge on any atom is -0.453 e. The lowest BCUT2D eigenvalue weighted by atomic mass is 10.1. The number of rotatable bonds is 7. The van der Waals surface area contributed by atoms with Crippen LogP contribution in [0.1, 0.15) is 31.5 Å². The second-order valence-corrected chi connectivity index (χ2v) is 6.73. The van der Waals surface area contributed by atoms with Crippen molar-refractivity contribution >= 4 is 22.8 Å². The van der Waals surface area contributed by atoms with Crippen LogP contribution in [0.5, 0.6) is 0 Å². The van der Waals surface area contributed by atoms with Crippen LogP contribution in [0.15, 0.2) is 48.5 Å². The summed E-state index contributed by atoms with van der Waals surface area (Å²) >= 11 is 0. The van der Waals surface area contributed by atoms with E-state index in [9.17, 15) is 18.0 Å². The molecule has 3 aromatic rings. The summed E-state index contributed by atoms with van der Waals surface area (Å²) in [6.07, 6.45) is -4.51. The number of benzene rings is 2. The van der Waals surface area contributed by atoms with Crippen LogP contribution in [0, 0.1) is 0 Å². The Morgan fingerprint density at radius 3 is 2.50 bits per heavy atom. The summed E-state index contributed by atoms with van der Waals surface area (Å²) in [5.74, 6) is 0. The summed E-state index contributed by atoms with van der Waals surface area (Å²) < 4.78 is 44.6. The number of para-hydroxylation sites is 1. The lowest BCUT2D eigenvalue weighted by Crippen LogP contribution is -2.37. The Morgan fingerprint density at radius 2 is 1.87 bits per heavy atom. The Kier molecular flexibility index (Phi) is 6.43. The first-order valence-electron chi connectivity index (χ1n) is 9.40. The fourth-order valence-electron chi connectivity index (χ4n) is 3.12. The number of alkyl halides is 3. The molecule has 0 spiro atoms. The predicted octanol–water partition coefficient (Wildman–Crippen LogP) is 4.59. The molecule has 30 heavy (non-hydrogen) atoms. The molecule has 2 N–H and O–H groups in total. The van der Waals surface area contributed by atoms with Gasteiger partial charge in [-0.1, -0.05) is 24.3 Å². The number of alkyl carbamates (subject to hydrolysis) is 1. The zero-order valence-electron chi connectivity index (χ0n) is 16.5. The molecule has 1 unspecified atom stereocenters. The maximum Gasteiger partial charge on any atom is 0.416 e. The number of carbonyl (C=O) groups is 1. The number of fused-ring (bicyclic) bond motifs is 1. The lowest BCUT2D eigenvalue weighted by molar-refractivity contribution is -0.137. The van der Waals surface area contributed by atoms with Crippen LogP contribution in [0.4, 0.5) is 23.7 Å². The number of ether oxygens (including phenoxy) is 1. The number of amides is 1. The number of anilines is 1. The molecule has 7 nitrogen and oxygen atoms in total. The van der Waals surface area contributed by atoms with Crippen LogP contribution in [0.25, 0.3) is 11.0 Å². The predicted molar refractivity (Wildman–Crippen MR) is 106 cm³/mol. The molecule has 0 aliphatic carbocycles. The molecular weight excluding hydrogens is 399 g/mol. The van der Waals surface area contributed by atoms with Crippen molar-refractivity contribution in [2.45, 2.75) is 38.1 Å². The molecule has 0 aliphatic rings. The molecule has 0 aliphatic heterocycles. The third-order valence-electron chi connectivity index (χ3n) is 4.73. The Bertz CT molecular complexity index is 988. The van der Waals surface area contributed by atoms with Crippen molar-refractivity contribution in [1.29, 1.82) is 0 Å². The van der Waals surface area contributed by atoms with Crippen LogP contribution in [-0.2, 0) is 10.9 Å². The van der Waals surface area contributed by atoms with Crippen molar-refractivity contribution in [3.8, 4) is 0 Å². The summed E-state index contributed by atoms with van der Waals surface area (Å²) in [6, 6.07) is 12.0. The van der Waals surface area contributed by atoms with Gasteiger partial charge < -0.3 is 10.1 Å². The molecule has 2 atom stereocenters. The minimum atomic E-state index is -4.38. The van der Waals surface area contributed by atoms with Crippen LogP contribution in [-0.4, -0.2) is 34.2 Å². The van der Waals surface area contributed by atoms with Gasteiger partial charge in [0.25, 0.3) is 0 Å². The van der Waals surface area contributed by atoms with Crippen molar-refractivity contribution in [3.05, 3.63) is 54.1 Å². The molecule has 0 radical (unpaired) electrons. The normalized spacial score (nSPS) is 13.6. The van der Waals surface area contributed by atoms with E-state index in [4.69, 9.17) is 4.74 Å². The summed E-state index contributed by atoms with van der Waals surface area (Å²) in [5.41, 5.74) is 1.26. The molecule has 10 heteroatoms. The number of hydrogen-bond acceptors (Lipinski definition) is 5. The lowest BCUT2D eigenvalue weighted by Gasteiger charge is -2.25. The van der Waals surface area contributed by atoms with Crippen molar-refractivity contribution < 1.29 is 22.7 Å². The van der Waals surface area contributed by atoms with Gasteiger partial charge in [-0.15, -0.1) is 5.10 Å². The van der Waals surface area contributed by atoms with E-state index in [0.29, 0.717) is 24.0 Å². The fraction of sp³-hybridized carbons (Fsp3) is 0.350. The maximum absolute atomic E-state index is 12.8. The van der Waals surface area contributed by atoms with Crippen LogP contribution in [0.2, 0.25) is 0 Å². The monoisotopic (exact) mass is 421 g/mol. The Hall–Kier alpha value is -3.30. The molecule has 0 saturated heterocycles. The third kappa shape index (κ3) is 5.00. The molecule has 160 valence electrons. The van der Waals surface area contributed by atoms with Gasteiger partial charge in [0.2, 0.25) is 0 Å². The van der Waals surface area contributed by atoms with Crippen LogP contribution >= 0.6 is 0 Å². The van der Waals surface area contributed by atoms with Gasteiger partial charge in [-0.2, -0.15) is 13.2 Å². The standard InChI is InChI=1S/C20H22F3N5O2/c1-3-14(24-15-10-8-13(9-11-15)20(21,22)23)12-18(25-19(29)30-2)28-17-7-5-4-6-16(17)26-27-28/h4-11,14,18,24H,3,12H2,1-2H3,(H,25,29)/t14-,18?/m1/s1. The van der Waals surface area contributed by atoms with E-state index in [-0.39, 0.29) is 6.04 Å². The van der Waals surface area contributed by atoms with Crippen molar-refractivity contribution in [2.75, 3.05) is 12.4 Å². The number of carbonyl (C=O) groups excluding carboxylic acids is 1. The molecule has 0 fully saturated rings. The zero-order valence-corrected chi connectivity index (χ0v) is 16.5. The second-order valence-electron chi connectivity index (χ2n) is 6.73. The Labute approximate surface area is 171 Å². The van der Waals surface area contributed by atoms with Crippen molar-refractivity contribution in [3.63, 3.8) is 0 Å². The first kappa shape index (κ1) is 21.4. The molecule has 3 rings (SSSR count). The smallest absolute Gasteiger partial charge is 0.416 e. The second kappa shape index (κ2) is 9.02. The van der Waals surface area contributed by atoms with Gasteiger partial charge in [0.05, 0.1) is 18.2 Å². The molecule has 0 bridgehead atoms. The van der Waals surface area contributed by atoms with Gasteiger partial charge in [-0.05, 0) is 42.8 Å². The van der Waals surface area contributed by atoms with Gasteiger partial charge in [-0.3, -0.25) is 5.32 Å². The maximum atomic E-state index is 12.8. The summed E-state index contributed by atoms with van der Waals surface area (Å²) in [5, 5.41) is 14.2. The van der Waals surface area contributed by atoms with E-state index in [1.807, 2.05) is 31.2 Å². The minimum absolute atomic E-state index is 0.160. The fourth-order valence-corrected chi connectivity index (χ4v) is 3.12. The first-order valence-corrected chi connectivity index (χ1v) is 9.40. The van der Waals surface area contributed by atoms with Gasteiger partial charge in [0.15, 0.2) is 0 Å². The number of nitrogens with one attached hydrogen (secondary N) is 2. The van der Waals surface area contributed by atoms with Gasteiger partial charge >= 0.3 is 12.3 Å². The molecule has 1 aromatic heterocycles. The van der Waals surface area contributed by atoms with E-state index in [1.54, 1.807) is 4.68 Å². The topological polar surface area (TPSA) is 81.1 Å². The molecule has 2 aromatic carbocycles. The third-order valence-corrected chi connectivity index (χ3v) is 4.73. The SMILES string of the molecule is CC[C@H](CC(NC(=O)OC)n1nnc2ccccc21)Nc1ccc(C(F)(F)F)cc1. The number of aromatic nitrogens is 3. The first-order chi connectivity index (χ1) is 14.3. The summed E-state index contributed by atoms with van der Waals surface area (Å²) in [4.78, 5) is 11.9. The van der Waals surface area contributed by atoms with Crippen molar-refractivity contribution in [1.82, 2.24) is 20.3 Å². The summed E-state index contributed by atoms with van der Waals surface area (Å²) in [7, 11) is 1.27. The average molecular weight is 421 g/mol. The van der Waals surface area contributed by atoms with Gasteiger partial charge in [0, 0.05) is 18.2 Å². The number of methoxy groups -OCH3 is 1. The van der Waals surface area contributed by atoms with Crippen LogP contribution in [0.3, 0.4) is 0 Å². The van der Waals surface area contributed by atoms with Gasteiger partial charge in [0.1, 0.15) is 11.7 Å². The number of hydrogen-bond donors (Lipinski definition) is 2. The van der Waals surface area contributed by atoms with E-state index in [2.05, 4.69) is 20.9 Å². The van der Waals surface area contributed by atoms with Crippen molar-refractivity contribution in [2.24, 2.45) is 0 Å². The van der Waals surface area contributed by atoms with E-state index < -0.39 is 24.0 Å². The zero-order chi connectivity index (χ0) is 21.7.